The Morgan fingerprint density at radius 2 is 1.66 bits per heavy atom. The molecule has 4 saturated heterocycles. The van der Waals surface area contributed by atoms with Gasteiger partial charge in [0.1, 0.15) is 5.75 Å². The molecule has 29 heavy (non-hydrogen) atoms. The molecule has 0 amide bonds. The minimum Gasteiger partial charge on any atom is -0.497 e. The van der Waals surface area contributed by atoms with E-state index in [9.17, 15) is 0 Å². The van der Waals surface area contributed by atoms with Crippen molar-refractivity contribution < 1.29 is 4.74 Å². The number of halogens is 1. The SMILES string of the molecule is COc1cccc(/C=N\N=C(/c2ccc(Cl)cc2)C23CN4CN(CN(C4)C2)C3)c1. The number of rotatable bonds is 5. The molecular weight excluding hydrogens is 386 g/mol. The van der Waals surface area contributed by atoms with Crippen LogP contribution in [0.25, 0.3) is 0 Å². The summed E-state index contributed by atoms with van der Waals surface area (Å²) in [5.74, 6) is 0.810. The van der Waals surface area contributed by atoms with Gasteiger partial charge in [-0.05, 0) is 35.4 Å². The number of hydrogen-bond acceptors (Lipinski definition) is 6. The molecule has 7 heteroatoms. The summed E-state index contributed by atoms with van der Waals surface area (Å²) in [6.07, 6.45) is 1.79. The molecule has 4 heterocycles. The molecule has 0 radical (unpaired) electrons. The third-order valence-electron chi connectivity index (χ3n) is 5.86. The molecule has 4 bridgehead atoms. The maximum atomic E-state index is 6.14. The lowest BCUT2D eigenvalue weighted by atomic mass is 9.74. The molecule has 4 fully saturated rings. The zero-order chi connectivity index (χ0) is 19.8. The van der Waals surface area contributed by atoms with Crippen LogP contribution < -0.4 is 4.74 Å². The Hall–Kier alpha value is -2.25. The molecular formula is C22H24ClN5O. The zero-order valence-electron chi connectivity index (χ0n) is 16.5. The van der Waals surface area contributed by atoms with E-state index >= 15 is 0 Å². The summed E-state index contributed by atoms with van der Waals surface area (Å²) in [5.41, 5.74) is 3.04. The average molecular weight is 410 g/mol. The van der Waals surface area contributed by atoms with E-state index in [0.717, 1.165) is 67.3 Å². The second-order valence-electron chi connectivity index (χ2n) is 8.17. The Labute approximate surface area is 176 Å². The Morgan fingerprint density at radius 3 is 2.28 bits per heavy atom. The topological polar surface area (TPSA) is 43.7 Å². The maximum absolute atomic E-state index is 6.14. The van der Waals surface area contributed by atoms with Gasteiger partial charge in [0.05, 0.1) is 44.5 Å². The molecule has 2 aromatic carbocycles. The van der Waals surface area contributed by atoms with E-state index in [1.165, 1.54) is 0 Å². The molecule has 4 aliphatic heterocycles. The van der Waals surface area contributed by atoms with E-state index < -0.39 is 0 Å². The molecule has 6 rings (SSSR count). The van der Waals surface area contributed by atoms with Gasteiger partial charge in [0, 0.05) is 24.7 Å². The third-order valence-corrected chi connectivity index (χ3v) is 6.11. The van der Waals surface area contributed by atoms with Crippen LogP contribution in [0, 0.1) is 5.41 Å². The Balaban J connectivity index is 1.51. The van der Waals surface area contributed by atoms with E-state index in [0.29, 0.717) is 0 Å². The highest BCUT2D eigenvalue weighted by Crippen LogP contribution is 2.38. The minimum atomic E-state index is -0.0473. The first kappa shape index (κ1) is 18.8. The number of benzene rings is 2. The Bertz CT molecular complexity index is 921. The van der Waals surface area contributed by atoms with Crippen molar-refractivity contribution in [3.8, 4) is 5.75 Å². The summed E-state index contributed by atoms with van der Waals surface area (Å²) >= 11 is 6.14. The average Bonchev–Trinajstić information content (AvgIpc) is 2.71. The first-order chi connectivity index (χ1) is 14.1. The molecule has 0 unspecified atom stereocenters. The van der Waals surface area contributed by atoms with Crippen LogP contribution in [0.4, 0.5) is 0 Å². The molecule has 6 nitrogen and oxygen atoms in total. The lowest BCUT2D eigenvalue weighted by Gasteiger charge is -2.60. The van der Waals surface area contributed by atoms with Crippen LogP contribution in [-0.4, -0.2) is 73.4 Å². The Morgan fingerprint density at radius 1 is 1.00 bits per heavy atom. The van der Waals surface area contributed by atoms with Crippen LogP contribution >= 0.6 is 11.6 Å². The van der Waals surface area contributed by atoms with Crippen LogP contribution in [0.5, 0.6) is 5.75 Å². The monoisotopic (exact) mass is 409 g/mol. The first-order valence-electron chi connectivity index (χ1n) is 9.82. The molecule has 0 saturated carbocycles. The van der Waals surface area contributed by atoms with Gasteiger partial charge < -0.3 is 4.74 Å². The van der Waals surface area contributed by atoms with Crippen LogP contribution in [0.15, 0.2) is 58.7 Å². The van der Waals surface area contributed by atoms with Crippen LogP contribution in [0.3, 0.4) is 0 Å². The van der Waals surface area contributed by atoms with E-state index in [4.69, 9.17) is 21.4 Å². The summed E-state index contributed by atoms with van der Waals surface area (Å²) in [6.45, 7) is 6.15. The smallest absolute Gasteiger partial charge is 0.119 e. The highest BCUT2D eigenvalue weighted by Gasteiger charge is 2.51. The van der Waals surface area contributed by atoms with E-state index in [1.54, 1.807) is 13.3 Å². The van der Waals surface area contributed by atoms with Gasteiger partial charge in [0.15, 0.2) is 0 Å². The van der Waals surface area contributed by atoms with Gasteiger partial charge in [-0.1, -0.05) is 35.9 Å². The van der Waals surface area contributed by atoms with E-state index in [2.05, 4.69) is 31.9 Å². The predicted molar refractivity (Wildman–Crippen MR) is 116 cm³/mol. The van der Waals surface area contributed by atoms with Crippen molar-refractivity contribution in [1.82, 2.24) is 14.7 Å². The van der Waals surface area contributed by atoms with Crippen molar-refractivity contribution in [2.45, 2.75) is 0 Å². The van der Waals surface area contributed by atoms with Gasteiger partial charge in [0.2, 0.25) is 0 Å². The minimum absolute atomic E-state index is 0.0473. The normalized spacial score (nSPS) is 30.8. The van der Waals surface area contributed by atoms with E-state index in [-0.39, 0.29) is 5.41 Å². The van der Waals surface area contributed by atoms with Gasteiger partial charge in [-0.3, -0.25) is 14.7 Å². The zero-order valence-corrected chi connectivity index (χ0v) is 17.2. The quantitative estimate of drug-likeness (QED) is 0.562. The summed E-state index contributed by atoms with van der Waals surface area (Å²) < 4.78 is 5.30. The van der Waals surface area contributed by atoms with Gasteiger partial charge in [-0.15, -0.1) is 0 Å². The number of hydrogen-bond donors (Lipinski definition) is 0. The number of ether oxygens (including phenoxy) is 1. The summed E-state index contributed by atoms with van der Waals surface area (Å²) in [6, 6.07) is 15.8. The van der Waals surface area contributed by atoms with Crippen molar-refractivity contribution in [3.05, 3.63) is 64.7 Å². The molecule has 0 atom stereocenters. The standard InChI is InChI=1S/C22H24ClN5O/c1-29-20-4-2-3-17(9-20)10-24-25-21(18-5-7-19(23)8-6-18)22-11-26-14-27(12-22)16-28(13-22)15-26/h2-10H,11-16H2,1H3/b24-10-,25-21+. The van der Waals surface area contributed by atoms with Crippen LogP contribution in [-0.2, 0) is 0 Å². The molecule has 0 aromatic heterocycles. The van der Waals surface area contributed by atoms with Crippen LogP contribution in [0.2, 0.25) is 5.02 Å². The first-order valence-corrected chi connectivity index (χ1v) is 10.2. The second-order valence-corrected chi connectivity index (χ2v) is 8.60. The largest absolute Gasteiger partial charge is 0.497 e. The molecule has 4 aliphatic rings. The highest BCUT2D eigenvalue weighted by molar-refractivity contribution is 6.30. The van der Waals surface area contributed by atoms with Gasteiger partial charge >= 0.3 is 0 Å². The molecule has 0 aliphatic carbocycles. The second kappa shape index (κ2) is 7.54. The maximum Gasteiger partial charge on any atom is 0.119 e. The fourth-order valence-corrected chi connectivity index (χ4v) is 5.02. The van der Waals surface area contributed by atoms with Crippen LogP contribution in [0.1, 0.15) is 11.1 Å². The molecule has 2 aromatic rings. The Kier molecular flexibility index (Phi) is 4.87. The molecule has 0 N–H and O–H groups in total. The van der Waals surface area contributed by atoms with Crippen molar-refractivity contribution >= 4 is 23.5 Å². The van der Waals surface area contributed by atoms with Crippen molar-refractivity contribution in [2.24, 2.45) is 15.6 Å². The van der Waals surface area contributed by atoms with Crippen molar-refractivity contribution in [3.63, 3.8) is 0 Å². The summed E-state index contributed by atoms with van der Waals surface area (Å²) in [5, 5.41) is 10.0. The van der Waals surface area contributed by atoms with Gasteiger partial charge in [-0.25, -0.2) is 0 Å². The summed E-state index contributed by atoms with van der Waals surface area (Å²) in [4.78, 5) is 7.48. The highest BCUT2D eigenvalue weighted by atomic mass is 35.5. The predicted octanol–water partition coefficient (Wildman–Crippen LogP) is 2.98. The molecule has 0 spiro atoms. The van der Waals surface area contributed by atoms with Crippen molar-refractivity contribution in [1.29, 1.82) is 0 Å². The number of methoxy groups -OCH3 is 1. The fourth-order valence-electron chi connectivity index (χ4n) is 4.89. The van der Waals surface area contributed by atoms with Gasteiger partial charge in [-0.2, -0.15) is 10.2 Å². The lowest BCUT2D eigenvalue weighted by Crippen LogP contribution is -2.74. The number of nitrogens with zero attached hydrogens (tertiary/aromatic N) is 5. The van der Waals surface area contributed by atoms with Crippen molar-refractivity contribution in [2.75, 3.05) is 46.8 Å². The fraction of sp³-hybridized carbons (Fsp3) is 0.364. The lowest BCUT2D eigenvalue weighted by molar-refractivity contribution is -0.149. The molecule has 150 valence electrons. The third kappa shape index (κ3) is 3.69. The van der Waals surface area contributed by atoms with Gasteiger partial charge in [0.25, 0.3) is 0 Å². The van der Waals surface area contributed by atoms with E-state index in [1.807, 2.05) is 36.4 Å². The summed E-state index contributed by atoms with van der Waals surface area (Å²) in [7, 11) is 1.67.